The average Bonchev–Trinajstić information content (AvgIpc) is 2.24. The van der Waals surface area contributed by atoms with Crippen molar-refractivity contribution in [3.63, 3.8) is 0 Å². The van der Waals surface area contributed by atoms with Crippen molar-refractivity contribution in [2.24, 2.45) is 0 Å². The van der Waals surface area contributed by atoms with E-state index >= 15 is 0 Å². The molecule has 1 aromatic rings. The molecule has 0 amide bonds. The fourth-order valence-corrected chi connectivity index (χ4v) is 1.35. The van der Waals surface area contributed by atoms with Crippen molar-refractivity contribution < 1.29 is 23.9 Å². The first kappa shape index (κ1) is 13.0. The van der Waals surface area contributed by atoms with Crippen molar-refractivity contribution in [3.05, 3.63) is 23.5 Å². The summed E-state index contributed by atoms with van der Waals surface area (Å²) in [5.41, 5.74) is 0.411. The number of hydrogen-bond acceptors (Lipinski definition) is 4. The number of hydrogen-bond donors (Lipinski definition) is 2. The lowest BCUT2D eigenvalue weighted by atomic mass is 9.79. The number of rotatable bonds is 5. The van der Waals surface area contributed by atoms with E-state index in [-0.39, 0.29) is 23.4 Å². The van der Waals surface area contributed by atoms with Crippen LogP contribution in [0.25, 0.3) is 0 Å². The Morgan fingerprint density at radius 1 is 1.38 bits per heavy atom. The molecule has 0 aliphatic heterocycles. The molecule has 0 fully saturated rings. The highest BCUT2D eigenvalue weighted by atomic mass is 19.1. The third-order valence-electron chi connectivity index (χ3n) is 2.03. The van der Waals surface area contributed by atoms with Gasteiger partial charge in [0.25, 0.3) is 0 Å². The molecule has 0 aliphatic rings. The largest absolute Gasteiger partial charge is 0.491 e. The molecule has 1 rings (SSSR count). The van der Waals surface area contributed by atoms with Crippen LogP contribution < -0.4 is 10.2 Å². The molecule has 0 bridgehead atoms. The molecular formula is C10H14BFO4. The molecule has 88 valence electrons. The summed E-state index contributed by atoms with van der Waals surface area (Å²) in [7, 11) is -0.225. The maximum Gasteiger partial charge on any atom is 0.488 e. The highest BCUT2D eigenvalue weighted by Crippen LogP contribution is 2.20. The van der Waals surface area contributed by atoms with Crippen LogP contribution in [0, 0.1) is 5.82 Å². The highest BCUT2D eigenvalue weighted by molar-refractivity contribution is 6.58. The SMILES string of the molecule is CCOc1cc(B(O)O)cc(COC)c1F. The molecule has 0 unspecified atom stereocenters. The van der Waals surface area contributed by atoms with Crippen molar-refractivity contribution in [1.82, 2.24) is 0 Å². The van der Waals surface area contributed by atoms with E-state index < -0.39 is 12.9 Å². The number of benzene rings is 1. The molecule has 16 heavy (non-hydrogen) atoms. The minimum absolute atomic E-state index is 0.000139. The average molecular weight is 228 g/mol. The number of methoxy groups -OCH3 is 1. The molecule has 2 N–H and O–H groups in total. The molecule has 0 aromatic heterocycles. The summed E-state index contributed by atoms with van der Waals surface area (Å²) in [6.45, 7) is 2.07. The van der Waals surface area contributed by atoms with Gasteiger partial charge in [0.1, 0.15) is 0 Å². The monoisotopic (exact) mass is 228 g/mol. The van der Waals surface area contributed by atoms with Crippen LogP contribution in [0.4, 0.5) is 4.39 Å². The van der Waals surface area contributed by atoms with Gasteiger partial charge in [-0.1, -0.05) is 6.07 Å². The van der Waals surface area contributed by atoms with Crippen molar-refractivity contribution >= 4 is 12.6 Å². The third-order valence-corrected chi connectivity index (χ3v) is 2.03. The normalized spacial score (nSPS) is 10.3. The summed E-state index contributed by atoms with van der Waals surface area (Å²) in [6, 6.07) is 2.61. The highest BCUT2D eigenvalue weighted by Gasteiger charge is 2.18. The van der Waals surface area contributed by atoms with Crippen LogP contribution in [0.2, 0.25) is 0 Å². The van der Waals surface area contributed by atoms with Gasteiger partial charge in [0.15, 0.2) is 11.6 Å². The fraction of sp³-hybridized carbons (Fsp3) is 0.400. The predicted octanol–water partition coefficient (Wildman–Crippen LogP) is 0.0506. The van der Waals surface area contributed by atoms with Crippen molar-refractivity contribution in [2.45, 2.75) is 13.5 Å². The topological polar surface area (TPSA) is 58.9 Å². The minimum Gasteiger partial charge on any atom is -0.491 e. The Morgan fingerprint density at radius 2 is 2.06 bits per heavy atom. The van der Waals surface area contributed by atoms with E-state index in [2.05, 4.69) is 0 Å². The van der Waals surface area contributed by atoms with Crippen LogP contribution in [0.1, 0.15) is 12.5 Å². The van der Waals surface area contributed by atoms with Gasteiger partial charge in [-0.3, -0.25) is 0 Å². The first-order chi connectivity index (χ1) is 7.60. The first-order valence-corrected chi connectivity index (χ1v) is 4.90. The Balaban J connectivity index is 3.16. The third kappa shape index (κ3) is 2.94. The second kappa shape index (κ2) is 5.84. The summed E-state index contributed by atoms with van der Waals surface area (Å²) in [6.07, 6.45) is 0. The minimum atomic E-state index is -1.66. The van der Waals surface area contributed by atoms with Crippen LogP contribution in [-0.2, 0) is 11.3 Å². The number of halogens is 1. The van der Waals surface area contributed by atoms with Crippen LogP contribution in [0.15, 0.2) is 12.1 Å². The Morgan fingerprint density at radius 3 is 2.56 bits per heavy atom. The van der Waals surface area contributed by atoms with Crippen molar-refractivity contribution in [2.75, 3.05) is 13.7 Å². The van der Waals surface area contributed by atoms with Crippen LogP contribution >= 0.6 is 0 Å². The molecule has 1 aromatic carbocycles. The molecule has 0 heterocycles. The zero-order valence-electron chi connectivity index (χ0n) is 9.24. The van der Waals surface area contributed by atoms with Gasteiger partial charge in [-0.25, -0.2) is 4.39 Å². The second-order valence-corrected chi connectivity index (χ2v) is 3.23. The van der Waals surface area contributed by atoms with E-state index in [1.54, 1.807) is 6.92 Å². The summed E-state index contributed by atoms with van der Waals surface area (Å²) in [5, 5.41) is 18.1. The predicted molar refractivity (Wildman–Crippen MR) is 58.1 cm³/mol. The molecule has 4 nitrogen and oxygen atoms in total. The van der Waals surface area contributed by atoms with Gasteiger partial charge in [-0.2, -0.15) is 0 Å². The van der Waals surface area contributed by atoms with Crippen LogP contribution in [0.5, 0.6) is 5.75 Å². The maximum absolute atomic E-state index is 13.7. The van der Waals surface area contributed by atoms with Gasteiger partial charge in [-0.05, 0) is 18.5 Å². The van der Waals surface area contributed by atoms with E-state index in [0.29, 0.717) is 6.61 Å². The smallest absolute Gasteiger partial charge is 0.488 e. The van der Waals surface area contributed by atoms with Gasteiger partial charge in [0.2, 0.25) is 0 Å². The maximum atomic E-state index is 13.7. The number of ether oxygens (including phenoxy) is 2. The summed E-state index contributed by atoms with van der Waals surface area (Å²) in [4.78, 5) is 0. The Hall–Kier alpha value is -1.11. The quantitative estimate of drug-likeness (QED) is 0.699. The van der Waals surface area contributed by atoms with Crippen molar-refractivity contribution in [1.29, 1.82) is 0 Å². The van der Waals surface area contributed by atoms with Gasteiger partial charge in [0.05, 0.1) is 13.2 Å². The summed E-state index contributed by atoms with van der Waals surface area (Å²) < 4.78 is 23.6. The second-order valence-electron chi connectivity index (χ2n) is 3.23. The molecule has 0 saturated heterocycles. The molecule has 0 atom stereocenters. The standard InChI is InChI=1S/C10H14BFO4/c1-3-16-9-5-8(11(13)14)4-7(6-15-2)10(9)12/h4-5,13-14H,3,6H2,1-2H3. The molecule has 0 spiro atoms. The molecule has 0 radical (unpaired) electrons. The lowest BCUT2D eigenvalue weighted by Crippen LogP contribution is -2.30. The summed E-state index contributed by atoms with van der Waals surface area (Å²) in [5.74, 6) is -0.534. The molecule has 0 saturated carbocycles. The Kier molecular flexibility index (Phi) is 4.73. The van der Waals surface area contributed by atoms with E-state index in [4.69, 9.17) is 19.5 Å². The van der Waals surface area contributed by atoms with Crippen molar-refractivity contribution in [3.8, 4) is 5.75 Å². The van der Waals surface area contributed by atoms with E-state index in [1.807, 2.05) is 0 Å². The van der Waals surface area contributed by atoms with E-state index in [0.717, 1.165) is 0 Å². The lowest BCUT2D eigenvalue weighted by molar-refractivity contribution is 0.180. The van der Waals surface area contributed by atoms with Gasteiger partial charge < -0.3 is 19.5 Å². The Bertz CT molecular complexity index is 330. The van der Waals surface area contributed by atoms with Gasteiger partial charge >= 0.3 is 7.12 Å². The summed E-state index contributed by atoms with van der Waals surface area (Å²) >= 11 is 0. The van der Waals surface area contributed by atoms with Crippen LogP contribution in [0.3, 0.4) is 0 Å². The first-order valence-electron chi connectivity index (χ1n) is 4.90. The lowest BCUT2D eigenvalue weighted by Gasteiger charge is -2.11. The molecule has 6 heteroatoms. The van der Waals surface area contributed by atoms with Gasteiger partial charge in [-0.15, -0.1) is 0 Å². The fourth-order valence-electron chi connectivity index (χ4n) is 1.35. The zero-order chi connectivity index (χ0) is 12.1. The van der Waals surface area contributed by atoms with Gasteiger partial charge in [0, 0.05) is 12.7 Å². The van der Waals surface area contributed by atoms with E-state index in [1.165, 1.54) is 19.2 Å². The van der Waals surface area contributed by atoms with E-state index in [9.17, 15) is 4.39 Å². The van der Waals surface area contributed by atoms with Crippen LogP contribution in [-0.4, -0.2) is 30.9 Å². The molecular weight excluding hydrogens is 214 g/mol. The molecule has 0 aliphatic carbocycles. The Labute approximate surface area is 93.8 Å². The zero-order valence-corrected chi connectivity index (χ0v) is 9.24.